The third-order valence-corrected chi connectivity index (χ3v) is 2.34. The smallest absolute Gasteiger partial charge is 0.471 e. The summed E-state index contributed by atoms with van der Waals surface area (Å²) in [6.45, 7) is 1.32. The van der Waals surface area contributed by atoms with Gasteiger partial charge in [-0.25, -0.2) is 4.79 Å². The van der Waals surface area contributed by atoms with Crippen LogP contribution in [0, 0.1) is 6.92 Å². The summed E-state index contributed by atoms with van der Waals surface area (Å²) in [6, 6.07) is 1.32. The van der Waals surface area contributed by atoms with Crippen molar-refractivity contribution >= 4 is 11.9 Å². The van der Waals surface area contributed by atoms with Crippen molar-refractivity contribution in [3.63, 3.8) is 0 Å². The van der Waals surface area contributed by atoms with Gasteiger partial charge in [-0.15, -0.1) is 0 Å². The molecule has 8 heteroatoms. The number of carboxylic acid groups (broad SMARTS) is 1. The quantitative estimate of drug-likeness (QED) is 0.807. The Labute approximate surface area is 106 Å². The molecule has 0 aliphatic heterocycles. The lowest BCUT2D eigenvalue weighted by Crippen LogP contribution is -2.37. The molecule has 1 amide bonds. The maximum absolute atomic E-state index is 11.8. The van der Waals surface area contributed by atoms with Crippen LogP contribution in [0.4, 0.5) is 13.2 Å². The molecule has 0 aliphatic rings. The highest BCUT2D eigenvalue weighted by atomic mass is 19.4. The molecule has 1 aromatic heterocycles. The van der Waals surface area contributed by atoms with Gasteiger partial charge < -0.3 is 14.8 Å². The third kappa shape index (κ3) is 4.31. The van der Waals surface area contributed by atoms with Crippen LogP contribution in [0.5, 0.6) is 0 Å². The van der Waals surface area contributed by atoms with Gasteiger partial charge >= 0.3 is 18.1 Å². The number of carboxylic acids is 1. The van der Waals surface area contributed by atoms with Crippen molar-refractivity contribution in [1.82, 2.24) is 5.32 Å². The van der Waals surface area contributed by atoms with E-state index in [0.29, 0.717) is 5.76 Å². The number of carbonyl (C=O) groups is 2. The number of aromatic carboxylic acids is 1. The van der Waals surface area contributed by atoms with E-state index in [2.05, 4.69) is 0 Å². The number of alkyl halides is 3. The van der Waals surface area contributed by atoms with E-state index >= 15 is 0 Å². The zero-order valence-electron chi connectivity index (χ0n) is 10.0. The Morgan fingerprint density at radius 2 is 2.05 bits per heavy atom. The van der Waals surface area contributed by atoms with Crippen LogP contribution in [-0.4, -0.2) is 29.7 Å². The summed E-state index contributed by atoms with van der Waals surface area (Å²) in [6.07, 6.45) is -4.43. The van der Waals surface area contributed by atoms with Crippen molar-refractivity contribution in [2.75, 3.05) is 6.54 Å². The fourth-order valence-corrected chi connectivity index (χ4v) is 1.44. The van der Waals surface area contributed by atoms with Crippen LogP contribution in [0.1, 0.15) is 28.3 Å². The minimum Gasteiger partial charge on any atom is -0.478 e. The first kappa shape index (κ1) is 15.1. The second-order valence-electron chi connectivity index (χ2n) is 3.84. The van der Waals surface area contributed by atoms with Gasteiger partial charge in [0.25, 0.3) is 0 Å². The van der Waals surface area contributed by atoms with Gasteiger partial charge in [0.1, 0.15) is 17.1 Å². The molecule has 19 heavy (non-hydrogen) atoms. The molecule has 0 aromatic carbocycles. The van der Waals surface area contributed by atoms with Crippen LogP contribution in [0.15, 0.2) is 10.5 Å². The van der Waals surface area contributed by atoms with Crippen LogP contribution < -0.4 is 5.32 Å². The van der Waals surface area contributed by atoms with Crippen molar-refractivity contribution in [3.05, 3.63) is 23.2 Å². The maximum Gasteiger partial charge on any atom is 0.471 e. The van der Waals surface area contributed by atoms with Crippen LogP contribution in [0.3, 0.4) is 0 Å². The Balaban J connectivity index is 2.40. The van der Waals surface area contributed by atoms with Gasteiger partial charge in [-0.3, -0.25) is 4.79 Å². The first-order chi connectivity index (χ1) is 8.71. The SMILES string of the molecule is Cc1oc(CCCNC(=O)C(F)(F)F)cc1C(=O)O. The van der Waals surface area contributed by atoms with E-state index in [4.69, 9.17) is 9.52 Å². The summed E-state index contributed by atoms with van der Waals surface area (Å²) in [5.41, 5.74) is 0.0225. The molecule has 0 aliphatic carbocycles. The highest BCUT2D eigenvalue weighted by Crippen LogP contribution is 2.16. The number of nitrogens with one attached hydrogen (secondary N) is 1. The second-order valence-corrected chi connectivity index (χ2v) is 3.84. The lowest BCUT2D eigenvalue weighted by molar-refractivity contribution is -0.173. The molecule has 0 saturated carbocycles. The molecule has 1 heterocycles. The third-order valence-electron chi connectivity index (χ3n) is 2.34. The van der Waals surface area contributed by atoms with Crippen molar-refractivity contribution in [2.45, 2.75) is 25.9 Å². The maximum atomic E-state index is 11.8. The number of rotatable bonds is 5. The number of amides is 1. The molecule has 0 bridgehead atoms. The molecular weight excluding hydrogens is 267 g/mol. The van der Waals surface area contributed by atoms with E-state index in [1.807, 2.05) is 0 Å². The Morgan fingerprint density at radius 1 is 1.42 bits per heavy atom. The van der Waals surface area contributed by atoms with Crippen molar-refractivity contribution < 1.29 is 32.3 Å². The number of aryl methyl sites for hydroxylation is 2. The number of carbonyl (C=O) groups excluding carboxylic acids is 1. The van der Waals surface area contributed by atoms with Gasteiger partial charge in [0.15, 0.2) is 0 Å². The number of hydrogen-bond donors (Lipinski definition) is 2. The fraction of sp³-hybridized carbons (Fsp3) is 0.455. The van der Waals surface area contributed by atoms with Crippen LogP contribution in [-0.2, 0) is 11.2 Å². The molecule has 0 saturated heterocycles. The lowest BCUT2D eigenvalue weighted by Gasteiger charge is -2.06. The molecule has 2 N–H and O–H groups in total. The largest absolute Gasteiger partial charge is 0.478 e. The van der Waals surface area contributed by atoms with Crippen molar-refractivity contribution in [3.8, 4) is 0 Å². The normalized spacial score (nSPS) is 11.4. The van der Waals surface area contributed by atoms with Crippen LogP contribution >= 0.6 is 0 Å². The molecule has 0 atom stereocenters. The molecular formula is C11H12F3NO4. The summed E-state index contributed by atoms with van der Waals surface area (Å²) >= 11 is 0. The molecule has 0 unspecified atom stereocenters. The molecule has 1 rings (SSSR count). The zero-order chi connectivity index (χ0) is 14.6. The number of furan rings is 1. The topological polar surface area (TPSA) is 79.5 Å². The minimum absolute atomic E-state index is 0.0225. The van der Waals surface area contributed by atoms with E-state index in [1.165, 1.54) is 13.0 Å². The summed E-state index contributed by atoms with van der Waals surface area (Å²) in [7, 11) is 0. The molecule has 0 spiro atoms. The van der Waals surface area contributed by atoms with Gasteiger partial charge in [0, 0.05) is 13.0 Å². The van der Waals surface area contributed by atoms with E-state index in [-0.39, 0.29) is 30.7 Å². The van der Waals surface area contributed by atoms with Gasteiger partial charge in [-0.05, 0) is 19.4 Å². The summed E-state index contributed by atoms with van der Waals surface area (Å²) in [4.78, 5) is 21.2. The predicted octanol–water partition coefficient (Wildman–Crippen LogP) is 1.90. The Morgan fingerprint density at radius 3 is 2.53 bits per heavy atom. The average molecular weight is 279 g/mol. The first-order valence-electron chi connectivity index (χ1n) is 5.39. The average Bonchev–Trinajstić information content (AvgIpc) is 2.64. The Hall–Kier alpha value is -1.99. The number of halogens is 3. The lowest BCUT2D eigenvalue weighted by atomic mass is 10.2. The summed E-state index contributed by atoms with van der Waals surface area (Å²) in [5, 5.41) is 10.5. The van der Waals surface area contributed by atoms with Crippen LogP contribution in [0.2, 0.25) is 0 Å². The first-order valence-corrected chi connectivity index (χ1v) is 5.39. The minimum atomic E-state index is -4.89. The highest BCUT2D eigenvalue weighted by molar-refractivity contribution is 5.88. The Bertz CT molecular complexity index is 479. The summed E-state index contributed by atoms with van der Waals surface area (Å²) in [5.74, 6) is -2.52. The van der Waals surface area contributed by atoms with Gasteiger partial charge in [-0.2, -0.15) is 13.2 Å². The highest BCUT2D eigenvalue weighted by Gasteiger charge is 2.38. The standard InChI is InChI=1S/C11H12F3NO4/c1-6-8(9(16)17)5-7(19-6)3-2-4-15-10(18)11(12,13)14/h5H,2-4H2,1H3,(H,15,18)(H,16,17). The zero-order valence-corrected chi connectivity index (χ0v) is 10.0. The molecule has 0 radical (unpaired) electrons. The molecule has 1 aromatic rings. The summed E-state index contributed by atoms with van der Waals surface area (Å²) < 4.78 is 40.7. The number of hydrogen-bond acceptors (Lipinski definition) is 3. The molecule has 0 fully saturated rings. The van der Waals surface area contributed by atoms with E-state index in [9.17, 15) is 22.8 Å². The molecule has 5 nitrogen and oxygen atoms in total. The van der Waals surface area contributed by atoms with Crippen molar-refractivity contribution in [1.29, 1.82) is 0 Å². The Kier molecular flexibility index (Phi) is 4.57. The molecule has 106 valence electrons. The second kappa shape index (κ2) is 5.77. The van der Waals surface area contributed by atoms with Crippen molar-refractivity contribution in [2.24, 2.45) is 0 Å². The van der Waals surface area contributed by atoms with Crippen LogP contribution in [0.25, 0.3) is 0 Å². The van der Waals surface area contributed by atoms with E-state index < -0.39 is 18.1 Å². The van der Waals surface area contributed by atoms with Gasteiger partial charge in [0.05, 0.1) is 0 Å². The van der Waals surface area contributed by atoms with E-state index in [1.54, 1.807) is 5.32 Å². The van der Waals surface area contributed by atoms with E-state index in [0.717, 1.165) is 0 Å². The predicted molar refractivity (Wildman–Crippen MR) is 57.8 cm³/mol. The monoisotopic (exact) mass is 279 g/mol. The van der Waals surface area contributed by atoms with Gasteiger partial charge in [-0.1, -0.05) is 0 Å². The fourth-order valence-electron chi connectivity index (χ4n) is 1.44. The van der Waals surface area contributed by atoms with Gasteiger partial charge in [0.2, 0.25) is 0 Å².